The van der Waals surface area contributed by atoms with E-state index in [0.29, 0.717) is 29.6 Å². The SMILES string of the molecule is CCC1CN(S(=O)(=O)c2cc(N)cs2)CCCO1. The highest BCUT2D eigenvalue weighted by atomic mass is 32.2. The van der Waals surface area contributed by atoms with Gasteiger partial charge < -0.3 is 10.5 Å². The maximum Gasteiger partial charge on any atom is 0.252 e. The second-order valence-corrected chi connectivity index (χ2v) is 7.39. The Morgan fingerprint density at radius 3 is 3.00 bits per heavy atom. The Hall–Kier alpha value is -0.630. The Labute approximate surface area is 112 Å². The van der Waals surface area contributed by atoms with Crippen LogP contribution < -0.4 is 5.73 Å². The monoisotopic (exact) mass is 290 g/mol. The summed E-state index contributed by atoms with van der Waals surface area (Å²) in [5, 5.41) is 1.65. The minimum atomic E-state index is -3.42. The van der Waals surface area contributed by atoms with Crippen molar-refractivity contribution >= 4 is 27.0 Å². The van der Waals surface area contributed by atoms with Crippen molar-refractivity contribution in [3.63, 3.8) is 0 Å². The molecular formula is C11H18N2O3S2. The van der Waals surface area contributed by atoms with Gasteiger partial charge in [-0.3, -0.25) is 0 Å². The number of nitrogen functional groups attached to an aromatic ring is 1. The lowest BCUT2D eigenvalue weighted by Gasteiger charge is -2.21. The van der Waals surface area contributed by atoms with Crippen LogP contribution in [0, 0.1) is 0 Å². The number of nitrogens with two attached hydrogens (primary N) is 1. The van der Waals surface area contributed by atoms with Crippen molar-refractivity contribution in [1.82, 2.24) is 4.31 Å². The van der Waals surface area contributed by atoms with Gasteiger partial charge in [-0.2, -0.15) is 4.31 Å². The fourth-order valence-corrected chi connectivity index (χ4v) is 4.66. The molecule has 102 valence electrons. The fraction of sp³-hybridized carbons (Fsp3) is 0.636. The lowest BCUT2D eigenvalue weighted by molar-refractivity contribution is 0.0593. The molecule has 0 aromatic carbocycles. The first-order valence-electron chi connectivity index (χ1n) is 5.99. The van der Waals surface area contributed by atoms with Crippen LogP contribution in [0.15, 0.2) is 15.7 Å². The van der Waals surface area contributed by atoms with Gasteiger partial charge >= 0.3 is 0 Å². The molecule has 1 aromatic rings. The average molecular weight is 290 g/mol. The molecule has 2 rings (SSSR count). The molecule has 18 heavy (non-hydrogen) atoms. The molecule has 2 heterocycles. The molecule has 0 radical (unpaired) electrons. The molecule has 1 unspecified atom stereocenters. The third-order valence-electron chi connectivity index (χ3n) is 2.96. The predicted octanol–water partition coefficient (Wildman–Crippen LogP) is 1.52. The van der Waals surface area contributed by atoms with E-state index in [9.17, 15) is 8.42 Å². The van der Waals surface area contributed by atoms with Gasteiger partial charge in [-0.05, 0) is 18.9 Å². The second-order valence-electron chi connectivity index (χ2n) is 4.32. The number of thiophene rings is 1. The van der Waals surface area contributed by atoms with E-state index >= 15 is 0 Å². The van der Waals surface area contributed by atoms with E-state index in [0.717, 1.165) is 12.8 Å². The summed E-state index contributed by atoms with van der Waals surface area (Å²) in [5.74, 6) is 0. The maximum atomic E-state index is 12.4. The van der Waals surface area contributed by atoms with Gasteiger partial charge in [-0.1, -0.05) is 6.92 Å². The number of nitrogens with zero attached hydrogens (tertiary/aromatic N) is 1. The predicted molar refractivity (Wildman–Crippen MR) is 72.1 cm³/mol. The quantitative estimate of drug-likeness (QED) is 0.916. The smallest absolute Gasteiger partial charge is 0.252 e. The van der Waals surface area contributed by atoms with Crippen molar-refractivity contribution < 1.29 is 13.2 Å². The van der Waals surface area contributed by atoms with Gasteiger partial charge in [-0.25, -0.2) is 8.42 Å². The fourth-order valence-electron chi connectivity index (χ4n) is 1.92. The molecule has 1 saturated heterocycles. The molecule has 0 bridgehead atoms. The normalized spacial score (nSPS) is 22.8. The highest BCUT2D eigenvalue weighted by molar-refractivity contribution is 7.91. The van der Waals surface area contributed by atoms with E-state index < -0.39 is 10.0 Å². The van der Waals surface area contributed by atoms with Crippen LogP contribution in [0.3, 0.4) is 0 Å². The van der Waals surface area contributed by atoms with E-state index in [2.05, 4.69) is 0 Å². The van der Waals surface area contributed by atoms with Crippen LogP contribution in [0.5, 0.6) is 0 Å². The van der Waals surface area contributed by atoms with Crippen LogP contribution in [0.4, 0.5) is 5.69 Å². The summed E-state index contributed by atoms with van der Waals surface area (Å²) >= 11 is 1.17. The Balaban J connectivity index is 2.23. The number of anilines is 1. The summed E-state index contributed by atoms with van der Waals surface area (Å²) in [6, 6.07) is 1.52. The summed E-state index contributed by atoms with van der Waals surface area (Å²) in [6.07, 6.45) is 1.54. The lowest BCUT2D eigenvalue weighted by Crippen LogP contribution is -2.36. The van der Waals surface area contributed by atoms with E-state index in [1.165, 1.54) is 21.7 Å². The molecule has 0 saturated carbocycles. The summed E-state index contributed by atoms with van der Waals surface area (Å²) in [6.45, 7) is 3.56. The van der Waals surface area contributed by atoms with Crippen molar-refractivity contribution in [3.8, 4) is 0 Å². The van der Waals surface area contributed by atoms with Gasteiger partial charge in [0.05, 0.1) is 6.10 Å². The van der Waals surface area contributed by atoms with Crippen LogP contribution in [0.2, 0.25) is 0 Å². The third kappa shape index (κ3) is 2.85. The number of sulfonamides is 1. The summed E-state index contributed by atoms with van der Waals surface area (Å²) in [7, 11) is -3.42. The second kappa shape index (κ2) is 5.56. The van der Waals surface area contributed by atoms with Crippen LogP contribution in [0.1, 0.15) is 19.8 Å². The van der Waals surface area contributed by atoms with Crippen LogP contribution >= 0.6 is 11.3 Å². The molecule has 1 aliphatic heterocycles. The van der Waals surface area contributed by atoms with Crippen LogP contribution in [-0.2, 0) is 14.8 Å². The number of hydrogen-bond donors (Lipinski definition) is 1. The Kier molecular flexibility index (Phi) is 4.26. The first-order valence-corrected chi connectivity index (χ1v) is 8.31. The summed E-state index contributed by atoms with van der Waals surface area (Å²) in [5.41, 5.74) is 6.09. The van der Waals surface area contributed by atoms with Crippen molar-refractivity contribution in [2.75, 3.05) is 25.4 Å². The van der Waals surface area contributed by atoms with Gasteiger partial charge in [0.2, 0.25) is 0 Å². The Morgan fingerprint density at radius 1 is 1.61 bits per heavy atom. The molecule has 1 atom stereocenters. The first kappa shape index (κ1) is 13.8. The third-order valence-corrected chi connectivity index (χ3v) is 6.26. The molecule has 1 aliphatic rings. The van der Waals surface area contributed by atoms with Gasteiger partial charge in [0.15, 0.2) is 0 Å². The molecule has 5 nitrogen and oxygen atoms in total. The highest BCUT2D eigenvalue weighted by Gasteiger charge is 2.29. The van der Waals surface area contributed by atoms with E-state index in [4.69, 9.17) is 10.5 Å². The molecule has 0 spiro atoms. The zero-order chi connectivity index (χ0) is 13.2. The number of rotatable bonds is 3. The van der Waals surface area contributed by atoms with Gasteiger partial charge in [0.25, 0.3) is 10.0 Å². The van der Waals surface area contributed by atoms with Crippen molar-refractivity contribution in [3.05, 3.63) is 11.4 Å². The summed E-state index contributed by atoms with van der Waals surface area (Å²) < 4.78 is 32.3. The van der Waals surface area contributed by atoms with Crippen LogP contribution in [-0.4, -0.2) is 38.5 Å². The highest BCUT2D eigenvalue weighted by Crippen LogP contribution is 2.26. The topological polar surface area (TPSA) is 72.6 Å². The standard InChI is InChI=1S/C11H18N2O3S2/c1-2-10-7-13(4-3-5-16-10)18(14,15)11-6-9(12)8-17-11/h6,8,10H,2-5,7,12H2,1H3. The molecule has 0 aliphatic carbocycles. The van der Waals surface area contributed by atoms with Gasteiger partial charge in [-0.15, -0.1) is 11.3 Å². The average Bonchev–Trinajstić information content (AvgIpc) is 2.65. The van der Waals surface area contributed by atoms with E-state index in [1.54, 1.807) is 5.38 Å². The molecule has 2 N–H and O–H groups in total. The molecule has 0 amide bonds. The Bertz CT molecular complexity index is 498. The maximum absolute atomic E-state index is 12.4. The molecule has 7 heteroatoms. The van der Waals surface area contributed by atoms with Gasteiger partial charge in [0.1, 0.15) is 4.21 Å². The molecular weight excluding hydrogens is 272 g/mol. The largest absolute Gasteiger partial charge is 0.398 e. The number of hydrogen-bond acceptors (Lipinski definition) is 5. The number of ether oxygens (including phenoxy) is 1. The van der Waals surface area contributed by atoms with Crippen molar-refractivity contribution in [2.24, 2.45) is 0 Å². The lowest BCUT2D eigenvalue weighted by atomic mass is 10.3. The first-order chi connectivity index (χ1) is 8.54. The van der Waals surface area contributed by atoms with E-state index in [-0.39, 0.29) is 6.10 Å². The minimum absolute atomic E-state index is 0.0143. The Morgan fingerprint density at radius 2 is 2.39 bits per heavy atom. The van der Waals surface area contributed by atoms with Crippen molar-refractivity contribution in [1.29, 1.82) is 0 Å². The van der Waals surface area contributed by atoms with Gasteiger partial charge in [0, 0.05) is 30.8 Å². The molecule has 1 aromatic heterocycles. The van der Waals surface area contributed by atoms with Crippen molar-refractivity contribution in [2.45, 2.75) is 30.1 Å². The van der Waals surface area contributed by atoms with E-state index in [1.807, 2.05) is 6.92 Å². The van der Waals surface area contributed by atoms with Crippen LogP contribution in [0.25, 0.3) is 0 Å². The zero-order valence-corrected chi connectivity index (χ0v) is 12.0. The molecule has 1 fully saturated rings. The summed E-state index contributed by atoms with van der Waals surface area (Å²) in [4.78, 5) is 0. The zero-order valence-electron chi connectivity index (χ0n) is 10.3. The minimum Gasteiger partial charge on any atom is -0.398 e.